The minimum absolute atomic E-state index is 0.337. The summed E-state index contributed by atoms with van der Waals surface area (Å²) in [6.07, 6.45) is 1.32. The molecule has 0 bridgehead atoms. The van der Waals surface area contributed by atoms with Gasteiger partial charge in [-0.2, -0.15) is 5.10 Å². The molecule has 5 nitrogen and oxygen atoms in total. The Morgan fingerprint density at radius 1 is 1.35 bits per heavy atom. The maximum atomic E-state index is 9.58. The molecule has 5 heteroatoms. The largest absolute Gasteiger partial charge is 0.389 e. The van der Waals surface area contributed by atoms with E-state index >= 15 is 0 Å². The van der Waals surface area contributed by atoms with Gasteiger partial charge < -0.3 is 15.2 Å². The molecule has 1 heterocycles. The number of hydrogen-bond acceptors (Lipinski definition) is 4. The Morgan fingerprint density at radius 2 is 2.10 bits per heavy atom. The molecular formula is C15H21N3O2. The maximum absolute atomic E-state index is 9.58. The van der Waals surface area contributed by atoms with Crippen molar-refractivity contribution >= 4 is 0 Å². The van der Waals surface area contributed by atoms with Gasteiger partial charge in [-0.25, -0.2) is 0 Å². The number of aliphatic hydroxyl groups is 1. The van der Waals surface area contributed by atoms with E-state index in [4.69, 9.17) is 4.74 Å². The van der Waals surface area contributed by atoms with E-state index in [1.165, 1.54) is 5.56 Å². The van der Waals surface area contributed by atoms with Crippen molar-refractivity contribution < 1.29 is 9.84 Å². The lowest BCUT2D eigenvalue weighted by Gasteiger charge is -2.10. The molecule has 0 saturated heterocycles. The van der Waals surface area contributed by atoms with Crippen molar-refractivity contribution in [3.05, 3.63) is 41.6 Å². The van der Waals surface area contributed by atoms with Crippen LogP contribution in [0.4, 0.5) is 0 Å². The minimum atomic E-state index is -0.491. The Balaban J connectivity index is 1.97. The van der Waals surface area contributed by atoms with E-state index < -0.39 is 6.10 Å². The minimum Gasteiger partial charge on any atom is -0.389 e. The summed E-state index contributed by atoms with van der Waals surface area (Å²) < 4.78 is 4.89. The zero-order valence-corrected chi connectivity index (χ0v) is 11.9. The van der Waals surface area contributed by atoms with E-state index in [9.17, 15) is 5.11 Å². The van der Waals surface area contributed by atoms with Crippen molar-refractivity contribution in [2.24, 2.45) is 0 Å². The zero-order chi connectivity index (χ0) is 14.4. The fourth-order valence-electron chi connectivity index (χ4n) is 2.04. The van der Waals surface area contributed by atoms with Gasteiger partial charge in [-0.3, -0.25) is 5.10 Å². The van der Waals surface area contributed by atoms with Crippen LogP contribution >= 0.6 is 0 Å². The molecule has 1 aromatic heterocycles. The zero-order valence-electron chi connectivity index (χ0n) is 11.9. The molecular weight excluding hydrogens is 254 g/mol. The quantitative estimate of drug-likeness (QED) is 0.716. The highest BCUT2D eigenvalue weighted by molar-refractivity contribution is 5.62. The van der Waals surface area contributed by atoms with Crippen LogP contribution in [0.25, 0.3) is 11.3 Å². The summed E-state index contributed by atoms with van der Waals surface area (Å²) in [4.78, 5) is 0. The molecule has 1 aromatic carbocycles. The van der Waals surface area contributed by atoms with Crippen molar-refractivity contribution in [1.29, 1.82) is 0 Å². The molecule has 0 amide bonds. The number of nitrogens with zero attached hydrogens (tertiary/aromatic N) is 1. The molecule has 0 aliphatic heterocycles. The number of nitrogens with one attached hydrogen (secondary N) is 2. The second-order valence-corrected chi connectivity index (χ2v) is 4.88. The van der Waals surface area contributed by atoms with Crippen LogP contribution in [0.15, 0.2) is 30.5 Å². The second-order valence-electron chi connectivity index (χ2n) is 4.88. The highest BCUT2D eigenvalue weighted by Gasteiger charge is 2.08. The van der Waals surface area contributed by atoms with Crippen LogP contribution in [0.1, 0.15) is 11.1 Å². The molecule has 2 rings (SSSR count). The van der Waals surface area contributed by atoms with E-state index in [2.05, 4.69) is 46.7 Å². The summed E-state index contributed by atoms with van der Waals surface area (Å²) in [5.41, 5.74) is 4.44. The molecule has 0 radical (unpaired) electrons. The van der Waals surface area contributed by atoms with Crippen LogP contribution in [0.3, 0.4) is 0 Å². The van der Waals surface area contributed by atoms with Gasteiger partial charge in [-0.1, -0.05) is 29.8 Å². The van der Waals surface area contributed by atoms with Crippen LogP contribution in [0.2, 0.25) is 0 Å². The topological polar surface area (TPSA) is 70.2 Å². The summed E-state index contributed by atoms with van der Waals surface area (Å²) in [5.74, 6) is 0. The van der Waals surface area contributed by atoms with Gasteiger partial charge in [0.05, 0.1) is 24.6 Å². The van der Waals surface area contributed by atoms with Crippen molar-refractivity contribution in [2.75, 3.05) is 20.3 Å². The molecule has 108 valence electrons. The van der Waals surface area contributed by atoms with Gasteiger partial charge in [-0.15, -0.1) is 0 Å². The van der Waals surface area contributed by atoms with Gasteiger partial charge in [0.1, 0.15) is 0 Å². The monoisotopic (exact) mass is 275 g/mol. The van der Waals surface area contributed by atoms with Crippen molar-refractivity contribution in [1.82, 2.24) is 15.5 Å². The lowest BCUT2D eigenvalue weighted by atomic mass is 10.1. The predicted molar refractivity (Wildman–Crippen MR) is 78.4 cm³/mol. The first-order valence-electron chi connectivity index (χ1n) is 6.67. The average molecular weight is 275 g/mol. The van der Waals surface area contributed by atoms with E-state index in [0.717, 1.165) is 16.8 Å². The molecule has 3 N–H and O–H groups in total. The predicted octanol–water partition coefficient (Wildman–Crippen LogP) is 1.48. The third-order valence-electron chi connectivity index (χ3n) is 3.11. The fraction of sp³-hybridized carbons (Fsp3) is 0.400. The fourth-order valence-corrected chi connectivity index (χ4v) is 2.04. The molecule has 20 heavy (non-hydrogen) atoms. The molecule has 0 spiro atoms. The molecule has 0 saturated carbocycles. The molecule has 0 aliphatic carbocycles. The first-order chi connectivity index (χ1) is 9.70. The van der Waals surface area contributed by atoms with Gasteiger partial charge in [-0.05, 0) is 12.5 Å². The number of aromatic amines is 1. The summed E-state index contributed by atoms with van der Waals surface area (Å²) in [7, 11) is 1.58. The standard InChI is InChI=1S/C15H21N3O2/c1-11-3-5-12(6-4-11)15-13(8-17-18-15)7-16-9-14(19)10-20-2/h3-6,8,14,16,19H,7,9-10H2,1-2H3,(H,17,18). The van der Waals surface area contributed by atoms with Crippen molar-refractivity contribution in [2.45, 2.75) is 19.6 Å². The van der Waals surface area contributed by atoms with E-state index in [0.29, 0.717) is 19.7 Å². The first kappa shape index (κ1) is 14.7. The van der Waals surface area contributed by atoms with Gasteiger partial charge in [0.2, 0.25) is 0 Å². The molecule has 0 fully saturated rings. The lowest BCUT2D eigenvalue weighted by molar-refractivity contribution is 0.0644. The Labute approximate surface area is 119 Å². The summed E-state index contributed by atoms with van der Waals surface area (Å²) in [6.45, 7) is 3.55. The van der Waals surface area contributed by atoms with Crippen molar-refractivity contribution in [3.8, 4) is 11.3 Å². The van der Waals surface area contributed by atoms with Crippen molar-refractivity contribution in [3.63, 3.8) is 0 Å². The summed E-state index contributed by atoms with van der Waals surface area (Å²) >= 11 is 0. The molecule has 1 unspecified atom stereocenters. The third-order valence-corrected chi connectivity index (χ3v) is 3.11. The van der Waals surface area contributed by atoms with E-state index in [1.54, 1.807) is 7.11 Å². The maximum Gasteiger partial charge on any atom is 0.0897 e. The number of rotatable bonds is 7. The number of benzene rings is 1. The number of H-pyrrole nitrogens is 1. The molecule has 0 aliphatic rings. The lowest BCUT2D eigenvalue weighted by Crippen LogP contribution is -2.29. The number of aryl methyl sites for hydroxylation is 1. The van der Waals surface area contributed by atoms with Crippen LogP contribution in [0, 0.1) is 6.92 Å². The number of hydrogen-bond donors (Lipinski definition) is 3. The molecule has 2 aromatic rings. The third kappa shape index (κ3) is 3.90. The van der Waals surface area contributed by atoms with Crippen LogP contribution in [0.5, 0.6) is 0 Å². The highest BCUT2D eigenvalue weighted by Crippen LogP contribution is 2.21. The summed E-state index contributed by atoms with van der Waals surface area (Å²) in [5, 5.41) is 19.9. The highest BCUT2D eigenvalue weighted by atomic mass is 16.5. The van der Waals surface area contributed by atoms with Crippen LogP contribution in [-0.4, -0.2) is 41.7 Å². The Hall–Kier alpha value is -1.69. The normalized spacial score (nSPS) is 12.6. The van der Waals surface area contributed by atoms with Crippen LogP contribution < -0.4 is 5.32 Å². The van der Waals surface area contributed by atoms with Gasteiger partial charge >= 0.3 is 0 Å². The number of aromatic nitrogens is 2. The SMILES string of the molecule is COCC(O)CNCc1cn[nH]c1-c1ccc(C)cc1. The Morgan fingerprint density at radius 3 is 2.80 bits per heavy atom. The average Bonchev–Trinajstić information content (AvgIpc) is 2.88. The van der Waals surface area contributed by atoms with Gasteiger partial charge in [0.15, 0.2) is 0 Å². The van der Waals surface area contributed by atoms with Gasteiger partial charge in [0.25, 0.3) is 0 Å². The van der Waals surface area contributed by atoms with Crippen LogP contribution in [-0.2, 0) is 11.3 Å². The molecule has 1 atom stereocenters. The first-order valence-corrected chi connectivity index (χ1v) is 6.67. The Bertz CT molecular complexity index is 522. The van der Waals surface area contributed by atoms with Gasteiger partial charge in [0, 0.05) is 25.8 Å². The summed E-state index contributed by atoms with van der Waals surface area (Å²) in [6, 6.07) is 8.31. The number of aliphatic hydroxyl groups excluding tert-OH is 1. The van der Waals surface area contributed by atoms with E-state index in [-0.39, 0.29) is 0 Å². The smallest absolute Gasteiger partial charge is 0.0897 e. The Kier molecular flexibility index (Phi) is 5.29. The number of methoxy groups -OCH3 is 1. The van der Waals surface area contributed by atoms with E-state index in [1.807, 2.05) is 6.20 Å². The number of ether oxygens (including phenoxy) is 1. The second kappa shape index (κ2) is 7.19.